The molecule has 0 N–H and O–H groups in total. The molecule has 0 aromatic heterocycles. The lowest BCUT2D eigenvalue weighted by Crippen LogP contribution is -2.25. The lowest BCUT2D eigenvalue weighted by atomic mass is 9.83. The number of para-hydroxylation sites is 1. The van der Waals surface area contributed by atoms with Gasteiger partial charge in [0.25, 0.3) is 0 Å². The number of hydrogen-bond donors (Lipinski definition) is 0. The number of allylic oxidation sites excluding steroid dienone is 8. The molecule has 3 nitrogen and oxygen atoms in total. The minimum atomic E-state index is -0.598. The van der Waals surface area contributed by atoms with Gasteiger partial charge in [0.2, 0.25) is 0 Å². The summed E-state index contributed by atoms with van der Waals surface area (Å²) in [4.78, 5) is 15.0. The predicted octanol–water partition coefficient (Wildman–Crippen LogP) is 7.36. The molecule has 1 aromatic rings. The number of Topliss-reactive ketones (excluding diaryl/α,β-unsaturated/α-hetero) is 1. The zero-order chi connectivity index (χ0) is 23.7. The molecule has 2 aliphatic rings. The van der Waals surface area contributed by atoms with Crippen LogP contribution in [0.15, 0.2) is 69.9 Å². The molecule has 0 radical (unpaired) electrons. The van der Waals surface area contributed by atoms with Gasteiger partial charge < -0.3 is 4.90 Å². The lowest BCUT2D eigenvalue weighted by Gasteiger charge is -2.26. The topological polar surface area (TPSA) is 44.1 Å². The van der Waals surface area contributed by atoms with E-state index in [0.717, 1.165) is 37.0 Å². The summed E-state index contributed by atoms with van der Waals surface area (Å²) in [5.74, 6) is -0.153. The first-order valence-electron chi connectivity index (χ1n) is 11.4. The van der Waals surface area contributed by atoms with Crippen LogP contribution < -0.4 is 4.90 Å². The monoisotopic (exact) mass is 448 g/mol. The minimum absolute atomic E-state index is 0.0929. The normalized spacial score (nSPS) is 21.2. The van der Waals surface area contributed by atoms with Crippen molar-refractivity contribution in [3.63, 3.8) is 0 Å². The van der Waals surface area contributed by atoms with Gasteiger partial charge in [-0.25, -0.2) is 0 Å². The smallest absolute Gasteiger partial charge is 0.178 e. The van der Waals surface area contributed by atoms with Crippen LogP contribution in [-0.4, -0.2) is 12.3 Å². The number of likely N-dealkylation sites (N-methyl/N-ethyl adjacent to an activating group) is 1. The number of fused-ring (bicyclic) bond motifs is 1. The first-order chi connectivity index (χ1) is 15.0. The Labute approximate surface area is 197 Å². The molecule has 0 fully saturated rings. The maximum atomic E-state index is 12.6. The molecule has 0 unspecified atom stereocenters. The summed E-state index contributed by atoms with van der Waals surface area (Å²) in [7, 11) is 0. The van der Waals surface area contributed by atoms with E-state index in [-0.39, 0.29) is 16.8 Å². The largest absolute Gasteiger partial charge is 0.344 e. The Morgan fingerprint density at radius 1 is 1.22 bits per heavy atom. The van der Waals surface area contributed by atoms with Gasteiger partial charge >= 0.3 is 0 Å². The number of benzene rings is 1. The summed E-state index contributed by atoms with van der Waals surface area (Å²) in [6.07, 6.45) is 8.62. The number of carbonyl (C=O) groups excluding carboxylic acids is 1. The number of carbonyl (C=O) groups is 1. The molecule has 0 saturated carbocycles. The Morgan fingerprint density at radius 2 is 1.91 bits per heavy atom. The van der Waals surface area contributed by atoms with Crippen LogP contribution in [0.25, 0.3) is 0 Å². The van der Waals surface area contributed by atoms with E-state index in [1.54, 1.807) is 6.08 Å². The van der Waals surface area contributed by atoms with Crippen LogP contribution in [0, 0.1) is 16.7 Å². The lowest BCUT2D eigenvalue weighted by molar-refractivity contribution is -0.122. The highest BCUT2D eigenvalue weighted by atomic mass is 35.5. The van der Waals surface area contributed by atoms with Gasteiger partial charge in [0.05, 0.1) is 5.57 Å². The van der Waals surface area contributed by atoms with Crippen LogP contribution in [0.2, 0.25) is 0 Å². The van der Waals surface area contributed by atoms with E-state index in [2.05, 4.69) is 68.2 Å². The molecule has 1 aliphatic heterocycles. The fraction of sp³-hybridized carbons (Fsp3) is 0.429. The third-order valence-electron chi connectivity index (χ3n) is 6.38. The van der Waals surface area contributed by atoms with Crippen molar-refractivity contribution in [2.75, 3.05) is 11.4 Å². The fourth-order valence-electron chi connectivity index (χ4n) is 4.58. The molecular formula is C28H33ClN2O. The highest BCUT2D eigenvalue weighted by Crippen LogP contribution is 2.47. The zero-order valence-corrected chi connectivity index (χ0v) is 20.8. The van der Waals surface area contributed by atoms with Crippen LogP contribution >= 0.6 is 11.6 Å². The predicted molar refractivity (Wildman–Crippen MR) is 134 cm³/mol. The summed E-state index contributed by atoms with van der Waals surface area (Å²) in [5, 5.41) is 10.2. The van der Waals surface area contributed by atoms with E-state index in [0.29, 0.717) is 5.03 Å². The number of halogens is 1. The highest BCUT2D eigenvalue weighted by Gasteiger charge is 2.38. The maximum Gasteiger partial charge on any atom is 0.178 e. The van der Waals surface area contributed by atoms with Crippen molar-refractivity contribution in [1.82, 2.24) is 0 Å². The Bertz CT molecular complexity index is 1090. The van der Waals surface area contributed by atoms with Crippen molar-refractivity contribution in [2.24, 2.45) is 5.41 Å². The van der Waals surface area contributed by atoms with Gasteiger partial charge in [-0.3, -0.25) is 4.79 Å². The van der Waals surface area contributed by atoms with Gasteiger partial charge in [-0.05, 0) is 61.1 Å². The molecule has 1 heterocycles. The zero-order valence-electron chi connectivity index (χ0n) is 20.1. The summed E-state index contributed by atoms with van der Waals surface area (Å²) in [6.45, 7) is 13.1. The molecule has 32 heavy (non-hydrogen) atoms. The maximum absolute atomic E-state index is 12.6. The quantitative estimate of drug-likeness (QED) is 0.357. The van der Waals surface area contributed by atoms with Crippen LogP contribution in [0.5, 0.6) is 0 Å². The Morgan fingerprint density at radius 3 is 2.53 bits per heavy atom. The van der Waals surface area contributed by atoms with Crippen molar-refractivity contribution in [2.45, 2.75) is 66.2 Å². The number of anilines is 1. The molecule has 0 spiro atoms. The summed E-state index contributed by atoms with van der Waals surface area (Å²) < 4.78 is 0. The first-order valence-corrected chi connectivity index (χ1v) is 11.7. The van der Waals surface area contributed by atoms with Crippen LogP contribution in [0.4, 0.5) is 5.69 Å². The molecule has 0 saturated heterocycles. The standard InChI is InChI=1S/C28H33ClN2O/c1-7-31-23-14-9-8-13-22(23)28(5,6)24(31)16-15-19-11-10-12-20(25(19)29)17-21(18-30)26(32)27(2,3)4/h8-9,13-17H,7,10-12H2,1-6H3/b19-15+,21-17-,24-16+. The van der Waals surface area contributed by atoms with Gasteiger partial charge in [-0.15, -0.1) is 0 Å². The number of nitrogens with zero attached hydrogens (tertiary/aromatic N) is 2. The summed E-state index contributed by atoms with van der Waals surface area (Å²) in [5.41, 5.74) is 5.26. The number of ketones is 1. The van der Waals surface area contributed by atoms with Gasteiger partial charge in [0.1, 0.15) is 6.07 Å². The summed E-state index contributed by atoms with van der Waals surface area (Å²) in [6, 6.07) is 10.7. The Kier molecular flexibility index (Phi) is 6.86. The minimum Gasteiger partial charge on any atom is -0.344 e. The van der Waals surface area contributed by atoms with E-state index in [1.165, 1.54) is 16.9 Å². The van der Waals surface area contributed by atoms with Gasteiger partial charge in [-0.2, -0.15) is 5.26 Å². The third kappa shape index (κ3) is 4.48. The average Bonchev–Trinajstić information content (AvgIpc) is 2.97. The highest BCUT2D eigenvalue weighted by molar-refractivity contribution is 6.32. The molecule has 0 bridgehead atoms. The molecule has 4 heteroatoms. The number of nitriles is 1. The van der Waals surface area contributed by atoms with E-state index in [9.17, 15) is 10.1 Å². The van der Waals surface area contributed by atoms with Crippen LogP contribution in [-0.2, 0) is 10.2 Å². The molecule has 1 aliphatic carbocycles. The van der Waals surface area contributed by atoms with Gasteiger partial charge in [0, 0.05) is 33.8 Å². The second-order valence-electron chi connectivity index (χ2n) is 10.1. The fourth-order valence-corrected chi connectivity index (χ4v) is 4.88. The number of rotatable bonds is 4. The second-order valence-corrected chi connectivity index (χ2v) is 10.4. The van der Waals surface area contributed by atoms with Crippen molar-refractivity contribution >= 4 is 23.1 Å². The van der Waals surface area contributed by atoms with Crippen molar-refractivity contribution in [3.8, 4) is 6.07 Å². The van der Waals surface area contributed by atoms with E-state index >= 15 is 0 Å². The van der Waals surface area contributed by atoms with Crippen LogP contribution in [0.1, 0.15) is 66.4 Å². The second kappa shape index (κ2) is 9.12. The third-order valence-corrected chi connectivity index (χ3v) is 6.86. The molecule has 1 aromatic carbocycles. The Hall–Kier alpha value is -2.57. The van der Waals surface area contributed by atoms with Crippen molar-refractivity contribution in [1.29, 1.82) is 5.26 Å². The molecule has 0 amide bonds. The molecule has 3 rings (SSSR count). The average molecular weight is 449 g/mol. The molecule has 0 atom stereocenters. The Balaban J connectivity index is 2.01. The van der Waals surface area contributed by atoms with Gasteiger partial charge in [-0.1, -0.05) is 70.5 Å². The molecular weight excluding hydrogens is 416 g/mol. The van der Waals surface area contributed by atoms with Crippen molar-refractivity contribution < 1.29 is 4.79 Å². The van der Waals surface area contributed by atoms with E-state index < -0.39 is 5.41 Å². The van der Waals surface area contributed by atoms with E-state index in [1.807, 2.05) is 20.8 Å². The van der Waals surface area contributed by atoms with Crippen molar-refractivity contribution in [3.05, 3.63) is 75.5 Å². The van der Waals surface area contributed by atoms with Gasteiger partial charge in [0.15, 0.2) is 5.78 Å². The van der Waals surface area contributed by atoms with E-state index in [4.69, 9.17) is 11.6 Å². The summed E-state index contributed by atoms with van der Waals surface area (Å²) >= 11 is 6.79. The number of hydrogen-bond acceptors (Lipinski definition) is 3. The van der Waals surface area contributed by atoms with Crippen LogP contribution in [0.3, 0.4) is 0 Å². The SMILES string of the molecule is CCN1/C(=C/C=C2\CCCC(/C=C(/C#N)C(=O)C(C)(C)C)=C2Cl)C(C)(C)c2ccccc21. The molecule has 168 valence electrons. The first kappa shape index (κ1) is 24.1.